The van der Waals surface area contributed by atoms with E-state index in [1.807, 2.05) is 13.8 Å². The minimum atomic E-state index is -0.401. The molecule has 0 aliphatic heterocycles. The second-order valence-electron chi connectivity index (χ2n) is 4.71. The Kier molecular flexibility index (Phi) is 4.28. The summed E-state index contributed by atoms with van der Waals surface area (Å²) in [6, 6.07) is 0.0206. The van der Waals surface area contributed by atoms with Gasteiger partial charge in [0.25, 0.3) is 0 Å². The highest BCUT2D eigenvalue weighted by Gasteiger charge is 2.18. The first-order chi connectivity index (χ1) is 7.84. The Labute approximate surface area is 102 Å². The van der Waals surface area contributed by atoms with Crippen molar-refractivity contribution < 1.29 is 4.79 Å². The van der Waals surface area contributed by atoms with E-state index in [-0.39, 0.29) is 5.91 Å². The lowest BCUT2D eigenvalue weighted by molar-refractivity contribution is -0.121. The normalized spacial score (nSPS) is 13.1. The summed E-state index contributed by atoms with van der Waals surface area (Å²) < 4.78 is 1.70. The van der Waals surface area contributed by atoms with Crippen LogP contribution >= 0.6 is 0 Å². The van der Waals surface area contributed by atoms with Crippen LogP contribution in [0.2, 0.25) is 0 Å². The predicted octanol–water partition coefficient (Wildman–Crippen LogP) is 1.04. The SMILES string of the molecule is Cc1nn(C(C)C(N)=O)c(C)c1CNC(C)C. The quantitative estimate of drug-likeness (QED) is 0.805. The van der Waals surface area contributed by atoms with Crippen molar-refractivity contribution in [2.45, 2.75) is 53.2 Å². The van der Waals surface area contributed by atoms with Gasteiger partial charge in [-0.15, -0.1) is 0 Å². The molecule has 0 bridgehead atoms. The Balaban J connectivity index is 2.97. The third-order valence-corrected chi connectivity index (χ3v) is 2.94. The predicted molar refractivity (Wildman–Crippen MR) is 67.6 cm³/mol. The molecule has 0 aliphatic rings. The summed E-state index contributed by atoms with van der Waals surface area (Å²) in [5, 5.41) is 7.74. The molecule has 0 spiro atoms. The maximum atomic E-state index is 11.2. The molecule has 1 atom stereocenters. The van der Waals surface area contributed by atoms with E-state index in [1.165, 1.54) is 0 Å². The first-order valence-corrected chi connectivity index (χ1v) is 5.91. The molecule has 1 aromatic rings. The van der Waals surface area contributed by atoms with Gasteiger partial charge in [-0.3, -0.25) is 9.48 Å². The van der Waals surface area contributed by atoms with Crippen molar-refractivity contribution in [3.63, 3.8) is 0 Å². The van der Waals surface area contributed by atoms with Crippen LogP contribution in [0.15, 0.2) is 0 Å². The summed E-state index contributed by atoms with van der Waals surface area (Å²) in [5.41, 5.74) is 8.40. The molecule has 0 aliphatic carbocycles. The average molecular weight is 238 g/mol. The molecular formula is C12H22N4O. The van der Waals surface area contributed by atoms with Crippen LogP contribution in [0.5, 0.6) is 0 Å². The lowest BCUT2D eigenvalue weighted by Gasteiger charge is -2.11. The number of aryl methyl sites for hydroxylation is 1. The molecule has 1 rings (SSSR count). The molecule has 3 N–H and O–H groups in total. The van der Waals surface area contributed by atoms with E-state index in [2.05, 4.69) is 24.3 Å². The molecule has 0 fully saturated rings. The van der Waals surface area contributed by atoms with E-state index >= 15 is 0 Å². The zero-order chi connectivity index (χ0) is 13.2. The molecular weight excluding hydrogens is 216 g/mol. The maximum absolute atomic E-state index is 11.2. The van der Waals surface area contributed by atoms with Gasteiger partial charge >= 0.3 is 0 Å². The fourth-order valence-electron chi connectivity index (χ4n) is 1.76. The molecule has 17 heavy (non-hydrogen) atoms. The fourth-order valence-corrected chi connectivity index (χ4v) is 1.76. The van der Waals surface area contributed by atoms with Crippen molar-refractivity contribution in [2.24, 2.45) is 5.73 Å². The lowest BCUT2D eigenvalue weighted by atomic mass is 10.2. The molecule has 96 valence electrons. The van der Waals surface area contributed by atoms with Crippen molar-refractivity contribution in [1.29, 1.82) is 0 Å². The van der Waals surface area contributed by atoms with Gasteiger partial charge in [-0.05, 0) is 20.8 Å². The van der Waals surface area contributed by atoms with Crippen molar-refractivity contribution in [2.75, 3.05) is 0 Å². The summed E-state index contributed by atoms with van der Waals surface area (Å²) in [7, 11) is 0. The summed E-state index contributed by atoms with van der Waals surface area (Å²) >= 11 is 0. The second-order valence-corrected chi connectivity index (χ2v) is 4.71. The molecule has 0 aromatic carbocycles. The highest BCUT2D eigenvalue weighted by Crippen LogP contribution is 2.17. The monoisotopic (exact) mass is 238 g/mol. The summed E-state index contributed by atoms with van der Waals surface area (Å²) in [6.45, 7) is 10.6. The number of hydrogen-bond donors (Lipinski definition) is 2. The smallest absolute Gasteiger partial charge is 0.242 e. The molecule has 0 saturated heterocycles. The highest BCUT2D eigenvalue weighted by atomic mass is 16.1. The second kappa shape index (κ2) is 5.31. The highest BCUT2D eigenvalue weighted by molar-refractivity contribution is 5.77. The molecule has 1 unspecified atom stereocenters. The number of carbonyl (C=O) groups excluding carboxylic acids is 1. The van der Waals surface area contributed by atoms with Gasteiger partial charge in [0.2, 0.25) is 5.91 Å². The van der Waals surface area contributed by atoms with Crippen LogP contribution in [0, 0.1) is 13.8 Å². The first kappa shape index (κ1) is 13.7. The van der Waals surface area contributed by atoms with Crippen LogP contribution in [-0.4, -0.2) is 21.7 Å². The summed E-state index contributed by atoms with van der Waals surface area (Å²) in [4.78, 5) is 11.2. The van der Waals surface area contributed by atoms with Gasteiger partial charge in [-0.1, -0.05) is 13.8 Å². The van der Waals surface area contributed by atoms with Gasteiger partial charge in [0, 0.05) is 23.8 Å². The maximum Gasteiger partial charge on any atom is 0.242 e. The number of carbonyl (C=O) groups is 1. The van der Waals surface area contributed by atoms with E-state index in [4.69, 9.17) is 5.73 Å². The number of nitrogens with zero attached hydrogens (tertiary/aromatic N) is 2. The number of nitrogens with one attached hydrogen (secondary N) is 1. The summed E-state index contributed by atoms with van der Waals surface area (Å²) in [5.74, 6) is -0.362. The Hall–Kier alpha value is -1.36. The first-order valence-electron chi connectivity index (χ1n) is 5.91. The van der Waals surface area contributed by atoms with Crippen molar-refractivity contribution in [3.8, 4) is 0 Å². The molecule has 5 heteroatoms. The molecule has 1 aromatic heterocycles. The zero-order valence-corrected chi connectivity index (χ0v) is 11.2. The number of hydrogen-bond acceptors (Lipinski definition) is 3. The Morgan fingerprint density at radius 1 is 1.41 bits per heavy atom. The van der Waals surface area contributed by atoms with Crippen LogP contribution in [0.4, 0.5) is 0 Å². The fraction of sp³-hybridized carbons (Fsp3) is 0.667. The standard InChI is InChI=1S/C12H22N4O/c1-7(2)14-6-11-8(3)15-16(9(11)4)10(5)12(13)17/h7,10,14H,6H2,1-5H3,(H2,13,17). The molecule has 1 amide bonds. The van der Waals surface area contributed by atoms with Crippen molar-refractivity contribution in [1.82, 2.24) is 15.1 Å². The van der Waals surface area contributed by atoms with Gasteiger partial charge in [0.1, 0.15) is 6.04 Å². The van der Waals surface area contributed by atoms with Gasteiger partial charge in [0.05, 0.1) is 5.69 Å². The van der Waals surface area contributed by atoms with E-state index in [9.17, 15) is 4.79 Å². The van der Waals surface area contributed by atoms with E-state index in [1.54, 1.807) is 11.6 Å². The minimum Gasteiger partial charge on any atom is -0.368 e. The van der Waals surface area contributed by atoms with Gasteiger partial charge in [-0.25, -0.2) is 0 Å². The number of aromatic nitrogens is 2. The van der Waals surface area contributed by atoms with Crippen molar-refractivity contribution >= 4 is 5.91 Å². The number of primary amides is 1. The topological polar surface area (TPSA) is 72.9 Å². The van der Waals surface area contributed by atoms with Crippen molar-refractivity contribution in [3.05, 3.63) is 17.0 Å². The van der Waals surface area contributed by atoms with Gasteiger partial charge in [-0.2, -0.15) is 5.10 Å². The number of nitrogens with two attached hydrogens (primary N) is 1. The molecule has 1 heterocycles. The molecule has 5 nitrogen and oxygen atoms in total. The van der Waals surface area contributed by atoms with Gasteiger partial charge in [0.15, 0.2) is 0 Å². The van der Waals surface area contributed by atoms with Crippen LogP contribution in [-0.2, 0) is 11.3 Å². The molecule has 0 radical (unpaired) electrons. The third kappa shape index (κ3) is 3.06. The third-order valence-electron chi connectivity index (χ3n) is 2.94. The zero-order valence-electron chi connectivity index (χ0n) is 11.2. The lowest BCUT2D eigenvalue weighted by Crippen LogP contribution is -2.26. The van der Waals surface area contributed by atoms with E-state index in [0.717, 1.165) is 23.5 Å². The van der Waals surface area contributed by atoms with E-state index < -0.39 is 6.04 Å². The largest absolute Gasteiger partial charge is 0.368 e. The Morgan fingerprint density at radius 2 is 2.00 bits per heavy atom. The number of rotatable bonds is 5. The van der Waals surface area contributed by atoms with Gasteiger partial charge < -0.3 is 11.1 Å². The van der Waals surface area contributed by atoms with Crippen LogP contribution < -0.4 is 11.1 Å². The number of amides is 1. The summed E-state index contributed by atoms with van der Waals surface area (Å²) in [6.07, 6.45) is 0. The van der Waals surface area contributed by atoms with Crippen LogP contribution in [0.1, 0.15) is 43.8 Å². The average Bonchev–Trinajstić information content (AvgIpc) is 2.50. The molecule has 0 saturated carbocycles. The Bertz CT molecular complexity index is 409. The minimum absolute atomic E-state index is 0.362. The Morgan fingerprint density at radius 3 is 2.47 bits per heavy atom. The van der Waals surface area contributed by atoms with Crippen LogP contribution in [0.25, 0.3) is 0 Å². The van der Waals surface area contributed by atoms with E-state index in [0.29, 0.717) is 6.04 Å². The van der Waals surface area contributed by atoms with Crippen LogP contribution in [0.3, 0.4) is 0 Å².